The molecule has 0 aromatic heterocycles. The third-order valence-electron chi connectivity index (χ3n) is 1.13. The van der Waals surface area contributed by atoms with Gasteiger partial charge < -0.3 is 4.74 Å². The van der Waals surface area contributed by atoms with Gasteiger partial charge in [0.1, 0.15) is 0 Å². The van der Waals surface area contributed by atoms with Crippen molar-refractivity contribution >= 4 is 0 Å². The predicted octanol–water partition coefficient (Wildman–Crippen LogP) is 1.22. The van der Waals surface area contributed by atoms with Gasteiger partial charge in [0.05, 0.1) is 0 Å². The largest absolute Gasteiger partial charge is 0.419 e. The molecular weight excluding hydrogens is 156 g/mol. The van der Waals surface area contributed by atoms with Crippen LogP contribution in [0, 0.1) is 0 Å². The van der Waals surface area contributed by atoms with E-state index in [1.807, 2.05) is 0 Å². The highest BCUT2D eigenvalue weighted by molar-refractivity contribution is 4.80. The molecule has 1 rings (SSSR count). The molecule has 6 heteroatoms. The molecule has 1 fully saturated rings. The SMILES string of the molecule is FCC1(F)OCOC1(F)F. The Morgan fingerprint density at radius 2 is 1.80 bits per heavy atom. The fourth-order valence-electron chi connectivity index (χ4n) is 0.505. The molecule has 10 heavy (non-hydrogen) atoms. The first-order valence-electron chi connectivity index (χ1n) is 2.42. The van der Waals surface area contributed by atoms with Crippen molar-refractivity contribution in [1.82, 2.24) is 0 Å². The van der Waals surface area contributed by atoms with E-state index in [0.717, 1.165) is 0 Å². The Kier molecular flexibility index (Phi) is 1.60. The number of halogens is 4. The summed E-state index contributed by atoms with van der Waals surface area (Å²) in [7, 11) is 0. The lowest BCUT2D eigenvalue weighted by molar-refractivity contribution is -0.292. The number of ether oxygens (including phenoxy) is 2. The molecule has 0 aromatic rings. The van der Waals surface area contributed by atoms with E-state index in [2.05, 4.69) is 9.47 Å². The van der Waals surface area contributed by atoms with Gasteiger partial charge in [-0.05, 0) is 0 Å². The normalized spacial score (nSPS) is 38.4. The van der Waals surface area contributed by atoms with Gasteiger partial charge in [0.15, 0.2) is 13.5 Å². The van der Waals surface area contributed by atoms with Gasteiger partial charge in [-0.1, -0.05) is 0 Å². The first-order chi connectivity index (χ1) is 4.52. The minimum atomic E-state index is -4.16. The second-order valence-corrected chi connectivity index (χ2v) is 1.79. The lowest BCUT2D eigenvalue weighted by Crippen LogP contribution is -2.43. The monoisotopic (exact) mass is 160 g/mol. The molecule has 1 aliphatic heterocycles. The van der Waals surface area contributed by atoms with Crippen LogP contribution in [0.3, 0.4) is 0 Å². The second kappa shape index (κ2) is 2.06. The van der Waals surface area contributed by atoms with Crippen molar-refractivity contribution in [2.75, 3.05) is 13.5 Å². The van der Waals surface area contributed by atoms with E-state index < -0.39 is 25.4 Å². The molecule has 1 unspecified atom stereocenters. The van der Waals surface area contributed by atoms with Crippen LogP contribution in [0.4, 0.5) is 17.6 Å². The van der Waals surface area contributed by atoms with Crippen molar-refractivity contribution in [3.63, 3.8) is 0 Å². The molecular formula is C4H4F4O2. The van der Waals surface area contributed by atoms with Crippen LogP contribution in [0.1, 0.15) is 0 Å². The van der Waals surface area contributed by atoms with Gasteiger partial charge >= 0.3 is 12.0 Å². The summed E-state index contributed by atoms with van der Waals surface area (Å²) in [6, 6.07) is 0. The number of hydrogen-bond acceptors (Lipinski definition) is 2. The van der Waals surface area contributed by atoms with Crippen LogP contribution in [0.2, 0.25) is 0 Å². The van der Waals surface area contributed by atoms with E-state index in [4.69, 9.17) is 0 Å². The maximum absolute atomic E-state index is 12.3. The maximum Gasteiger partial charge on any atom is 0.419 e. The molecule has 1 saturated heterocycles. The molecule has 60 valence electrons. The minimum absolute atomic E-state index is 0.923. The summed E-state index contributed by atoms with van der Waals surface area (Å²) < 4.78 is 55.1. The smallest absolute Gasteiger partial charge is 0.310 e. The summed E-state index contributed by atoms with van der Waals surface area (Å²) in [5, 5.41) is 0. The zero-order valence-electron chi connectivity index (χ0n) is 4.74. The molecule has 0 aliphatic carbocycles. The van der Waals surface area contributed by atoms with Gasteiger partial charge in [-0.3, -0.25) is 4.74 Å². The predicted molar refractivity (Wildman–Crippen MR) is 21.8 cm³/mol. The van der Waals surface area contributed by atoms with Gasteiger partial charge in [0.25, 0.3) is 0 Å². The zero-order valence-corrected chi connectivity index (χ0v) is 4.74. The third kappa shape index (κ3) is 0.873. The molecule has 0 spiro atoms. The highest BCUT2D eigenvalue weighted by Gasteiger charge is 2.63. The molecule has 0 aromatic carbocycles. The Balaban J connectivity index is 2.76. The number of rotatable bonds is 1. The van der Waals surface area contributed by atoms with Crippen molar-refractivity contribution in [1.29, 1.82) is 0 Å². The van der Waals surface area contributed by atoms with E-state index in [9.17, 15) is 17.6 Å². The van der Waals surface area contributed by atoms with Crippen molar-refractivity contribution in [3.05, 3.63) is 0 Å². The van der Waals surface area contributed by atoms with Crippen LogP contribution in [0.25, 0.3) is 0 Å². The first kappa shape index (κ1) is 7.74. The highest BCUT2D eigenvalue weighted by atomic mass is 19.3. The van der Waals surface area contributed by atoms with Gasteiger partial charge in [-0.15, -0.1) is 0 Å². The second-order valence-electron chi connectivity index (χ2n) is 1.79. The fourth-order valence-corrected chi connectivity index (χ4v) is 0.505. The van der Waals surface area contributed by atoms with Crippen LogP contribution in [0.15, 0.2) is 0 Å². The number of alkyl halides is 4. The van der Waals surface area contributed by atoms with Crippen molar-refractivity contribution < 1.29 is 27.0 Å². The molecule has 1 aliphatic rings. The molecule has 0 bridgehead atoms. The summed E-state index contributed by atoms with van der Waals surface area (Å²) in [4.78, 5) is 0. The van der Waals surface area contributed by atoms with Crippen LogP contribution >= 0.6 is 0 Å². The van der Waals surface area contributed by atoms with Gasteiger partial charge in [0.2, 0.25) is 0 Å². The summed E-state index contributed by atoms with van der Waals surface area (Å²) in [6.45, 7) is -2.84. The highest BCUT2D eigenvalue weighted by Crippen LogP contribution is 2.39. The van der Waals surface area contributed by atoms with Crippen LogP contribution < -0.4 is 0 Å². The van der Waals surface area contributed by atoms with Crippen molar-refractivity contribution in [2.45, 2.75) is 12.0 Å². The summed E-state index contributed by atoms with van der Waals surface area (Å²) >= 11 is 0. The van der Waals surface area contributed by atoms with Crippen molar-refractivity contribution in [3.8, 4) is 0 Å². The van der Waals surface area contributed by atoms with Gasteiger partial charge in [-0.2, -0.15) is 13.2 Å². The Morgan fingerprint density at radius 3 is 2.00 bits per heavy atom. The summed E-state index contributed by atoms with van der Waals surface area (Å²) in [6.07, 6.45) is -4.16. The van der Waals surface area contributed by atoms with Crippen molar-refractivity contribution in [2.24, 2.45) is 0 Å². The molecule has 2 nitrogen and oxygen atoms in total. The van der Waals surface area contributed by atoms with Crippen LogP contribution in [0.5, 0.6) is 0 Å². The molecule has 0 radical (unpaired) electrons. The standard InChI is InChI=1S/C4H4F4O2/c5-1-3(6)4(7,8)10-2-9-3/h1-2H2. The van der Waals surface area contributed by atoms with E-state index in [0.29, 0.717) is 0 Å². The van der Waals surface area contributed by atoms with Crippen LogP contribution in [-0.2, 0) is 9.47 Å². The Morgan fingerprint density at radius 1 is 1.20 bits per heavy atom. The number of hydrogen-bond donors (Lipinski definition) is 0. The van der Waals surface area contributed by atoms with E-state index in [-0.39, 0.29) is 0 Å². The van der Waals surface area contributed by atoms with E-state index in [1.165, 1.54) is 0 Å². The fraction of sp³-hybridized carbons (Fsp3) is 1.00. The average molecular weight is 160 g/mol. The molecule has 0 saturated carbocycles. The van der Waals surface area contributed by atoms with Crippen LogP contribution in [-0.4, -0.2) is 25.4 Å². The average Bonchev–Trinajstić information content (AvgIpc) is 2.10. The maximum atomic E-state index is 12.3. The quantitative estimate of drug-likeness (QED) is 0.537. The molecule has 1 heterocycles. The Hall–Kier alpha value is -0.360. The lowest BCUT2D eigenvalue weighted by Gasteiger charge is -2.18. The van der Waals surface area contributed by atoms with E-state index >= 15 is 0 Å². The first-order valence-corrected chi connectivity index (χ1v) is 2.42. The molecule has 1 atom stereocenters. The van der Waals surface area contributed by atoms with Gasteiger partial charge in [0, 0.05) is 0 Å². The lowest BCUT2D eigenvalue weighted by atomic mass is 10.3. The Bertz CT molecular complexity index is 139. The third-order valence-corrected chi connectivity index (χ3v) is 1.13. The van der Waals surface area contributed by atoms with Gasteiger partial charge in [-0.25, -0.2) is 4.39 Å². The summed E-state index contributed by atoms with van der Waals surface area (Å²) in [5.41, 5.74) is 0. The van der Waals surface area contributed by atoms with E-state index in [1.54, 1.807) is 0 Å². The molecule has 0 amide bonds. The summed E-state index contributed by atoms with van der Waals surface area (Å²) in [5.74, 6) is -3.59. The topological polar surface area (TPSA) is 18.5 Å². The zero-order chi connectivity index (χ0) is 7.83. The molecule has 0 N–H and O–H groups in total. The Labute approximate surface area is 53.7 Å². The minimum Gasteiger partial charge on any atom is -0.310 e.